The lowest BCUT2D eigenvalue weighted by molar-refractivity contribution is 0.477. The summed E-state index contributed by atoms with van der Waals surface area (Å²) < 4.78 is 0. The number of phenols is 1. The van der Waals surface area contributed by atoms with Gasteiger partial charge >= 0.3 is 0 Å². The minimum absolute atomic E-state index is 0.276. The molecule has 0 spiro atoms. The van der Waals surface area contributed by atoms with Gasteiger partial charge in [-0.05, 0) is 18.6 Å². The largest absolute Gasteiger partial charge is 0.507 e. The standard InChI is InChI=1S/C14H14N2O/c15-12-7-11(12)13-6-5-9(8-16-13)10-3-1-2-4-14(10)17/h1-6,8,11-12,17H,7,15H2. The second-order valence-electron chi connectivity index (χ2n) is 4.49. The molecule has 2 atom stereocenters. The Kier molecular flexibility index (Phi) is 2.34. The van der Waals surface area contributed by atoms with Gasteiger partial charge in [-0.25, -0.2) is 0 Å². The number of pyridine rings is 1. The van der Waals surface area contributed by atoms with Gasteiger partial charge in [-0.3, -0.25) is 4.98 Å². The molecule has 0 saturated heterocycles. The summed E-state index contributed by atoms with van der Waals surface area (Å²) in [6.07, 6.45) is 2.83. The molecule has 0 aliphatic heterocycles. The van der Waals surface area contributed by atoms with Crippen LogP contribution in [0.3, 0.4) is 0 Å². The van der Waals surface area contributed by atoms with Crippen molar-refractivity contribution >= 4 is 0 Å². The molecule has 2 aromatic rings. The first-order chi connectivity index (χ1) is 8.25. The Bertz CT molecular complexity index is 536. The van der Waals surface area contributed by atoms with E-state index < -0.39 is 0 Å². The highest BCUT2D eigenvalue weighted by Gasteiger charge is 2.35. The molecular formula is C14H14N2O. The lowest BCUT2D eigenvalue weighted by Crippen LogP contribution is -2.01. The quantitative estimate of drug-likeness (QED) is 0.825. The van der Waals surface area contributed by atoms with E-state index in [0.717, 1.165) is 23.2 Å². The number of nitrogens with zero attached hydrogens (tertiary/aromatic N) is 1. The van der Waals surface area contributed by atoms with Gasteiger partial charge in [0.15, 0.2) is 0 Å². The van der Waals surface area contributed by atoms with Gasteiger partial charge in [-0.1, -0.05) is 24.3 Å². The maximum Gasteiger partial charge on any atom is 0.123 e. The number of phenolic OH excluding ortho intramolecular Hbond substituents is 1. The van der Waals surface area contributed by atoms with Crippen LogP contribution in [0.1, 0.15) is 18.0 Å². The molecular weight excluding hydrogens is 212 g/mol. The summed E-state index contributed by atoms with van der Waals surface area (Å²) in [5.74, 6) is 0.707. The van der Waals surface area contributed by atoms with Crippen molar-refractivity contribution in [2.75, 3.05) is 0 Å². The predicted octanol–water partition coefficient (Wildman–Crippen LogP) is 2.27. The summed E-state index contributed by atoms with van der Waals surface area (Å²) in [4.78, 5) is 4.42. The normalized spacial score (nSPS) is 22.4. The highest BCUT2D eigenvalue weighted by Crippen LogP contribution is 2.38. The number of nitrogens with two attached hydrogens (primary N) is 1. The van der Waals surface area contributed by atoms with E-state index in [4.69, 9.17) is 5.73 Å². The van der Waals surface area contributed by atoms with Gasteiger partial charge in [0, 0.05) is 35.0 Å². The van der Waals surface area contributed by atoms with Crippen LogP contribution in [-0.4, -0.2) is 16.1 Å². The molecule has 1 aliphatic carbocycles. The molecule has 1 aliphatic rings. The van der Waals surface area contributed by atoms with E-state index in [1.54, 1.807) is 12.3 Å². The second-order valence-corrected chi connectivity index (χ2v) is 4.49. The van der Waals surface area contributed by atoms with Crippen LogP contribution in [0.2, 0.25) is 0 Å². The minimum atomic E-state index is 0.276. The summed E-state index contributed by atoms with van der Waals surface area (Å²) in [7, 11) is 0. The molecule has 0 bridgehead atoms. The van der Waals surface area contributed by atoms with Gasteiger partial charge in [0.1, 0.15) is 5.75 Å². The van der Waals surface area contributed by atoms with Gasteiger partial charge in [0.25, 0.3) is 0 Å². The molecule has 3 rings (SSSR count). The van der Waals surface area contributed by atoms with E-state index >= 15 is 0 Å². The third-order valence-electron chi connectivity index (χ3n) is 3.22. The van der Waals surface area contributed by atoms with Crippen LogP contribution in [0.4, 0.5) is 0 Å². The fraction of sp³-hybridized carbons (Fsp3) is 0.214. The molecule has 0 amide bonds. The molecule has 3 nitrogen and oxygen atoms in total. The van der Waals surface area contributed by atoms with Crippen molar-refractivity contribution in [1.29, 1.82) is 0 Å². The number of hydrogen-bond acceptors (Lipinski definition) is 3. The molecule has 1 aromatic carbocycles. The smallest absolute Gasteiger partial charge is 0.123 e. The SMILES string of the molecule is NC1CC1c1ccc(-c2ccccc2O)cn1. The number of rotatable bonds is 2. The third kappa shape index (κ3) is 1.89. The Morgan fingerprint density at radius 3 is 2.53 bits per heavy atom. The van der Waals surface area contributed by atoms with Crippen molar-refractivity contribution in [3.05, 3.63) is 48.3 Å². The molecule has 17 heavy (non-hydrogen) atoms. The zero-order chi connectivity index (χ0) is 11.8. The second kappa shape index (κ2) is 3.86. The predicted molar refractivity (Wildman–Crippen MR) is 66.7 cm³/mol. The van der Waals surface area contributed by atoms with Crippen molar-refractivity contribution in [3.63, 3.8) is 0 Å². The zero-order valence-electron chi connectivity index (χ0n) is 9.38. The first kappa shape index (κ1) is 10.3. The molecule has 2 unspecified atom stereocenters. The van der Waals surface area contributed by atoms with Gasteiger partial charge in [-0.2, -0.15) is 0 Å². The molecule has 3 N–H and O–H groups in total. The van der Waals surface area contributed by atoms with Crippen molar-refractivity contribution in [1.82, 2.24) is 4.98 Å². The molecule has 1 saturated carbocycles. The number of para-hydroxylation sites is 1. The highest BCUT2D eigenvalue weighted by atomic mass is 16.3. The molecule has 1 heterocycles. The lowest BCUT2D eigenvalue weighted by atomic mass is 10.1. The molecule has 1 aromatic heterocycles. The minimum Gasteiger partial charge on any atom is -0.507 e. The Hall–Kier alpha value is -1.87. The number of hydrogen-bond donors (Lipinski definition) is 2. The molecule has 86 valence electrons. The fourth-order valence-electron chi connectivity index (χ4n) is 2.06. The first-order valence-electron chi connectivity index (χ1n) is 5.75. The van der Waals surface area contributed by atoms with E-state index in [1.807, 2.05) is 30.3 Å². The van der Waals surface area contributed by atoms with E-state index in [9.17, 15) is 5.11 Å². The third-order valence-corrected chi connectivity index (χ3v) is 3.22. The van der Waals surface area contributed by atoms with E-state index in [0.29, 0.717) is 5.92 Å². The van der Waals surface area contributed by atoms with Gasteiger partial charge in [-0.15, -0.1) is 0 Å². The van der Waals surface area contributed by atoms with Crippen molar-refractivity contribution in [2.24, 2.45) is 5.73 Å². The van der Waals surface area contributed by atoms with Crippen LogP contribution in [0.15, 0.2) is 42.6 Å². The first-order valence-corrected chi connectivity index (χ1v) is 5.75. The maximum absolute atomic E-state index is 9.75. The van der Waals surface area contributed by atoms with Crippen LogP contribution in [-0.2, 0) is 0 Å². The van der Waals surface area contributed by atoms with Crippen molar-refractivity contribution < 1.29 is 5.11 Å². The van der Waals surface area contributed by atoms with Crippen LogP contribution in [0, 0.1) is 0 Å². The summed E-state index contributed by atoms with van der Waals surface area (Å²) >= 11 is 0. The Morgan fingerprint density at radius 2 is 1.94 bits per heavy atom. The summed E-state index contributed by atoms with van der Waals surface area (Å²) in [6, 6.07) is 11.5. The monoisotopic (exact) mass is 226 g/mol. The summed E-state index contributed by atoms with van der Waals surface area (Å²) in [5.41, 5.74) is 8.59. The Labute approximate surface area is 99.9 Å². The molecule has 1 fully saturated rings. The number of aromatic nitrogens is 1. The molecule has 0 radical (unpaired) electrons. The van der Waals surface area contributed by atoms with Gasteiger partial charge in [0.05, 0.1) is 0 Å². The van der Waals surface area contributed by atoms with Crippen molar-refractivity contribution in [2.45, 2.75) is 18.4 Å². The zero-order valence-corrected chi connectivity index (χ0v) is 9.38. The van der Waals surface area contributed by atoms with E-state index in [-0.39, 0.29) is 11.8 Å². The number of aromatic hydroxyl groups is 1. The maximum atomic E-state index is 9.75. The van der Waals surface area contributed by atoms with Crippen LogP contribution < -0.4 is 5.73 Å². The molecule has 3 heteroatoms. The summed E-state index contributed by atoms with van der Waals surface area (Å²) in [5, 5.41) is 9.75. The number of benzene rings is 1. The van der Waals surface area contributed by atoms with Crippen LogP contribution >= 0.6 is 0 Å². The summed E-state index contributed by atoms with van der Waals surface area (Å²) in [6.45, 7) is 0. The lowest BCUT2D eigenvalue weighted by Gasteiger charge is -2.05. The fourth-order valence-corrected chi connectivity index (χ4v) is 2.06. The average Bonchev–Trinajstić information content (AvgIpc) is 3.07. The van der Waals surface area contributed by atoms with Crippen LogP contribution in [0.5, 0.6) is 5.75 Å². The topological polar surface area (TPSA) is 59.1 Å². The average molecular weight is 226 g/mol. The van der Waals surface area contributed by atoms with Gasteiger partial charge < -0.3 is 10.8 Å². The van der Waals surface area contributed by atoms with Crippen molar-refractivity contribution in [3.8, 4) is 16.9 Å². The Balaban J connectivity index is 1.92. The highest BCUT2D eigenvalue weighted by molar-refractivity contribution is 5.69. The van der Waals surface area contributed by atoms with E-state index in [2.05, 4.69) is 4.98 Å². The van der Waals surface area contributed by atoms with Crippen LogP contribution in [0.25, 0.3) is 11.1 Å². The van der Waals surface area contributed by atoms with Gasteiger partial charge in [0.2, 0.25) is 0 Å². The van der Waals surface area contributed by atoms with E-state index in [1.165, 1.54) is 0 Å². The Morgan fingerprint density at radius 1 is 1.18 bits per heavy atom.